The van der Waals surface area contributed by atoms with Crippen molar-refractivity contribution in [3.05, 3.63) is 89.5 Å². The van der Waals surface area contributed by atoms with Crippen LogP contribution in [0.2, 0.25) is 0 Å². The molecule has 0 aliphatic carbocycles. The summed E-state index contributed by atoms with van der Waals surface area (Å²) in [6.07, 6.45) is 0. The van der Waals surface area contributed by atoms with Gasteiger partial charge in [-0.3, -0.25) is 0 Å². The summed E-state index contributed by atoms with van der Waals surface area (Å²) in [7, 11) is 4.10. The van der Waals surface area contributed by atoms with E-state index in [9.17, 15) is 5.11 Å². The largest absolute Gasteiger partial charge is 0.399 e. The number of aliphatic hydroxyl groups excluding tert-OH is 1. The van der Waals surface area contributed by atoms with Gasteiger partial charge in [-0.25, -0.2) is 0 Å². The van der Waals surface area contributed by atoms with Crippen molar-refractivity contribution in [2.75, 3.05) is 36.7 Å². The van der Waals surface area contributed by atoms with Crippen molar-refractivity contribution in [2.24, 2.45) is 0 Å². The molecular formula is C25H31N3O. The van der Waals surface area contributed by atoms with Crippen LogP contribution in [-0.2, 0) is 0 Å². The fourth-order valence-corrected chi connectivity index (χ4v) is 3.42. The summed E-state index contributed by atoms with van der Waals surface area (Å²) in [5.74, 6) is 0.117. The molecule has 0 bridgehead atoms. The van der Waals surface area contributed by atoms with Gasteiger partial charge >= 0.3 is 0 Å². The summed E-state index contributed by atoms with van der Waals surface area (Å²) < 4.78 is 0. The Morgan fingerprint density at radius 3 is 1.72 bits per heavy atom. The molecule has 4 nitrogen and oxygen atoms in total. The fraction of sp³-hybridized carbons (Fsp3) is 0.280. The fourth-order valence-electron chi connectivity index (χ4n) is 3.42. The van der Waals surface area contributed by atoms with Gasteiger partial charge in [0.25, 0.3) is 0 Å². The summed E-state index contributed by atoms with van der Waals surface area (Å²) in [6.45, 7) is 4.02. The monoisotopic (exact) mass is 389 g/mol. The zero-order chi connectivity index (χ0) is 21.0. The second-order valence-electron chi connectivity index (χ2n) is 8.37. The maximum atomic E-state index is 9.50. The lowest BCUT2D eigenvalue weighted by Crippen LogP contribution is -2.34. The predicted octanol–water partition coefficient (Wildman–Crippen LogP) is 4.70. The maximum Gasteiger partial charge on any atom is 0.0656 e. The van der Waals surface area contributed by atoms with Crippen molar-refractivity contribution in [3.63, 3.8) is 0 Å². The quantitative estimate of drug-likeness (QED) is 0.405. The summed E-state index contributed by atoms with van der Waals surface area (Å²) in [4.78, 5) is 2.10. The number of nitrogens with zero attached hydrogens (tertiary/aromatic N) is 1. The van der Waals surface area contributed by atoms with Gasteiger partial charge in [0.05, 0.1) is 12.1 Å². The van der Waals surface area contributed by atoms with E-state index in [-0.39, 0.29) is 18.1 Å². The van der Waals surface area contributed by atoms with Crippen LogP contribution in [0.4, 0.5) is 17.1 Å². The van der Waals surface area contributed by atoms with Gasteiger partial charge in [0, 0.05) is 37.1 Å². The third-order valence-electron chi connectivity index (χ3n) is 5.13. The van der Waals surface area contributed by atoms with E-state index in [0.717, 1.165) is 11.4 Å². The summed E-state index contributed by atoms with van der Waals surface area (Å²) in [5, 5.41) is 12.9. The van der Waals surface area contributed by atoms with Gasteiger partial charge in [0.2, 0.25) is 0 Å². The van der Waals surface area contributed by atoms with Crippen LogP contribution in [-0.4, -0.2) is 31.3 Å². The molecule has 152 valence electrons. The molecule has 0 fully saturated rings. The van der Waals surface area contributed by atoms with Gasteiger partial charge < -0.3 is 21.1 Å². The molecule has 3 rings (SSSR count). The minimum Gasteiger partial charge on any atom is -0.399 e. The number of nitrogens with one attached hydrogen (secondary N) is 1. The van der Waals surface area contributed by atoms with E-state index < -0.39 is 0 Å². The highest BCUT2D eigenvalue weighted by Crippen LogP contribution is 2.34. The lowest BCUT2D eigenvalue weighted by molar-refractivity contribution is 0.234. The Bertz CT molecular complexity index is 914. The van der Waals surface area contributed by atoms with E-state index in [1.54, 1.807) is 0 Å². The average molecular weight is 390 g/mol. The zero-order valence-electron chi connectivity index (χ0n) is 17.7. The highest BCUT2D eigenvalue weighted by Gasteiger charge is 2.19. The molecule has 0 spiro atoms. The Hall–Kier alpha value is -2.98. The van der Waals surface area contributed by atoms with Crippen LogP contribution in [0.5, 0.6) is 0 Å². The van der Waals surface area contributed by atoms with Crippen LogP contribution in [0.15, 0.2) is 72.8 Å². The summed E-state index contributed by atoms with van der Waals surface area (Å²) >= 11 is 0. The molecule has 0 aromatic heterocycles. The molecule has 0 amide bonds. The first-order valence-electron chi connectivity index (χ1n) is 9.91. The van der Waals surface area contributed by atoms with Crippen molar-refractivity contribution >= 4 is 17.1 Å². The summed E-state index contributed by atoms with van der Waals surface area (Å²) in [5.41, 5.74) is 12.1. The van der Waals surface area contributed by atoms with Crippen LogP contribution in [0.3, 0.4) is 0 Å². The minimum atomic E-state index is -0.361. The minimum absolute atomic E-state index is 0.0705. The van der Waals surface area contributed by atoms with Gasteiger partial charge in [-0.2, -0.15) is 0 Å². The smallest absolute Gasteiger partial charge is 0.0656 e. The molecule has 0 radical (unpaired) electrons. The number of hydrogen-bond donors (Lipinski definition) is 3. The Balaban J connectivity index is 1.98. The Morgan fingerprint density at radius 2 is 1.28 bits per heavy atom. The molecule has 29 heavy (non-hydrogen) atoms. The van der Waals surface area contributed by atoms with Gasteiger partial charge in [0.1, 0.15) is 0 Å². The van der Waals surface area contributed by atoms with Crippen molar-refractivity contribution in [1.82, 2.24) is 0 Å². The lowest BCUT2D eigenvalue weighted by Gasteiger charge is -2.26. The Kier molecular flexibility index (Phi) is 6.14. The second kappa shape index (κ2) is 8.58. The molecule has 1 atom stereocenters. The highest BCUT2D eigenvalue weighted by atomic mass is 16.3. The zero-order valence-corrected chi connectivity index (χ0v) is 17.7. The molecule has 0 saturated carbocycles. The number of rotatable bonds is 7. The third kappa shape index (κ3) is 5.09. The Morgan fingerprint density at radius 1 is 0.828 bits per heavy atom. The van der Waals surface area contributed by atoms with Crippen molar-refractivity contribution < 1.29 is 5.11 Å². The van der Waals surface area contributed by atoms with E-state index in [2.05, 4.69) is 70.9 Å². The van der Waals surface area contributed by atoms with E-state index in [1.807, 2.05) is 40.1 Å². The topological polar surface area (TPSA) is 61.5 Å². The van der Waals surface area contributed by atoms with Crippen LogP contribution in [0.1, 0.15) is 36.5 Å². The molecule has 1 unspecified atom stereocenters. The van der Waals surface area contributed by atoms with E-state index in [0.29, 0.717) is 0 Å². The van der Waals surface area contributed by atoms with Crippen molar-refractivity contribution in [3.8, 4) is 0 Å². The SMILES string of the molecule is CN(C)c1ccc(C(c2ccc(N)cc2)c2ccc(NC(C)(C)CO)cc2)cc1. The molecule has 3 aromatic rings. The van der Waals surface area contributed by atoms with Gasteiger partial charge in [-0.05, 0) is 66.9 Å². The average Bonchev–Trinajstić information content (AvgIpc) is 2.71. The molecule has 0 heterocycles. The van der Waals surface area contributed by atoms with Gasteiger partial charge in [-0.15, -0.1) is 0 Å². The number of nitrogens with two attached hydrogens (primary N) is 1. The molecule has 4 heteroatoms. The van der Waals surface area contributed by atoms with Gasteiger partial charge in [-0.1, -0.05) is 36.4 Å². The molecule has 0 aliphatic rings. The number of hydrogen-bond acceptors (Lipinski definition) is 4. The molecular weight excluding hydrogens is 358 g/mol. The molecule has 0 aliphatic heterocycles. The van der Waals surface area contributed by atoms with Crippen molar-refractivity contribution in [2.45, 2.75) is 25.3 Å². The number of benzene rings is 3. The van der Waals surface area contributed by atoms with E-state index in [4.69, 9.17) is 5.73 Å². The first kappa shape index (κ1) is 20.7. The van der Waals surface area contributed by atoms with E-state index in [1.165, 1.54) is 22.4 Å². The van der Waals surface area contributed by atoms with Gasteiger partial charge in [0.15, 0.2) is 0 Å². The standard InChI is InChI=1S/C25H31N3O/c1-25(2,17-29)27-22-13-7-19(8-14-22)24(18-5-11-21(26)12-6-18)20-9-15-23(16-10-20)28(3)4/h5-16,24,27,29H,17,26H2,1-4H3. The summed E-state index contributed by atoms with van der Waals surface area (Å²) in [6, 6.07) is 25.2. The number of nitrogen functional groups attached to an aromatic ring is 1. The van der Waals surface area contributed by atoms with Crippen molar-refractivity contribution in [1.29, 1.82) is 0 Å². The Labute approximate surface area is 174 Å². The number of aliphatic hydroxyl groups is 1. The van der Waals surface area contributed by atoms with Crippen LogP contribution >= 0.6 is 0 Å². The molecule has 0 saturated heterocycles. The maximum absolute atomic E-state index is 9.50. The first-order chi connectivity index (χ1) is 13.8. The van der Waals surface area contributed by atoms with E-state index >= 15 is 0 Å². The third-order valence-corrected chi connectivity index (χ3v) is 5.13. The number of anilines is 3. The lowest BCUT2D eigenvalue weighted by atomic mass is 9.85. The van der Waals surface area contributed by atoms with Crippen LogP contribution in [0.25, 0.3) is 0 Å². The molecule has 4 N–H and O–H groups in total. The predicted molar refractivity (Wildman–Crippen MR) is 124 cm³/mol. The second-order valence-corrected chi connectivity index (χ2v) is 8.37. The normalized spacial score (nSPS) is 12.4. The van der Waals surface area contributed by atoms with Crippen LogP contribution < -0.4 is 16.0 Å². The first-order valence-corrected chi connectivity index (χ1v) is 9.91. The highest BCUT2D eigenvalue weighted by molar-refractivity contribution is 5.54. The molecule has 3 aromatic carbocycles. The van der Waals surface area contributed by atoms with Crippen LogP contribution in [0, 0.1) is 0 Å².